The zero-order valence-corrected chi connectivity index (χ0v) is 20.2. The normalized spacial score (nSPS) is 14.6. The lowest BCUT2D eigenvalue weighted by Crippen LogP contribution is -2.26. The minimum atomic E-state index is -1.03. The lowest BCUT2D eigenvalue weighted by atomic mass is 9.85. The van der Waals surface area contributed by atoms with Gasteiger partial charge in [0.1, 0.15) is 5.75 Å². The van der Waals surface area contributed by atoms with Crippen molar-refractivity contribution in [3.05, 3.63) is 88.7 Å². The predicted molar refractivity (Wildman–Crippen MR) is 136 cm³/mol. The van der Waals surface area contributed by atoms with Gasteiger partial charge < -0.3 is 20.0 Å². The van der Waals surface area contributed by atoms with Crippen LogP contribution in [0.3, 0.4) is 0 Å². The molecule has 0 fully saturated rings. The molecule has 0 heterocycles. The van der Waals surface area contributed by atoms with Gasteiger partial charge in [0, 0.05) is 66.4 Å². The fourth-order valence-corrected chi connectivity index (χ4v) is 4.43. The van der Waals surface area contributed by atoms with Crippen LogP contribution in [0, 0.1) is 0 Å². The first-order valence-corrected chi connectivity index (χ1v) is 11.7. The second-order valence-corrected chi connectivity index (χ2v) is 7.95. The van der Waals surface area contributed by atoms with Crippen LogP contribution >= 0.6 is 0 Å². The maximum absolute atomic E-state index is 12.4. The molecule has 0 aromatic heterocycles. The Hall–Kier alpha value is -3.80. The van der Waals surface area contributed by atoms with Crippen LogP contribution in [0.4, 0.5) is 5.69 Å². The summed E-state index contributed by atoms with van der Waals surface area (Å²) in [5, 5.41) is 20.3. The van der Waals surface area contributed by atoms with E-state index in [1.807, 2.05) is 39.8 Å². The standard InChI is InChI=1S/C28H32N2O4/c1-5-29(6-2)25-17-19(31)13-15-23(25)27(21-11-9-10-12-22(21)28(33)34)24-16-14-20(32)18-26(24)30(7-3)8-4/h9-18,31H,5-8H2,1-4H3,(H,33,34). The van der Waals surface area contributed by atoms with Crippen molar-refractivity contribution >= 4 is 23.0 Å². The molecule has 2 N–H and O–H groups in total. The van der Waals surface area contributed by atoms with Crippen LogP contribution in [0.1, 0.15) is 49.2 Å². The number of likely N-dealkylation sites (N-methyl/N-ethyl adjacent to an activating group) is 1. The van der Waals surface area contributed by atoms with E-state index in [9.17, 15) is 19.8 Å². The molecule has 2 aromatic carbocycles. The molecule has 0 spiro atoms. The van der Waals surface area contributed by atoms with Gasteiger partial charge >= 0.3 is 5.97 Å². The first-order chi connectivity index (χ1) is 16.4. The van der Waals surface area contributed by atoms with Crippen molar-refractivity contribution in [1.82, 2.24) is 4.90 Å². The van der Waals surface area contributed by atoms with Crippen LogP contribution in [0.15, 0.2) is 72.0 Å². The summed E-state index contributed by atoms with van der Waals surface area (Å²) in [5.41, 5.74) is 4.57. The van der Waals surface area contributed by atoms with E-state index in [1.165, 1.54) is 6.08 Å². The third-order valence-electron chi connectivity index (χ3n) is 6.12. The van der Waals surface area contributed by atoms with Gasteiger partial charge in [0.15, 0.2) is 5.78 Å². The van der Waals surface area contributed by atoms with E-state index in [0.29, 0.717) is 37.3 Å². The molecular formula is C28H32N2O4. The number of ketones is 1. The van der Waals surface area contributed by atoms with Gasteiger partial charge in [-0.25, -0.2) is 4.79 Å². The molecule has 0 unspecified atom stereocenters. The van der Waals surface area contributed by atoms with Gasteiger partial charge in [-0.1, -0.05) is 18.2 Å². The Morgan fingerprint density at radius 1 is 0.824 bits per heavy atom. The number of carbonyl (C=O) groups is 2. The second kappa shape index (κ2) is 10.9. The Balaban J connectivity index is 2.49. The van der Waals surface area contributed by atoms with E-state index in [2.05, 4.69) is 9.80 Å². The Bertz CT molecular complexity index is 1170. The number of phenols is 1. The fraction of sp³-hybridized carbons (Fsp3) is 0.286. The number of aromatic hydroxyl groups is 1. The maximum atomic E-state index is 12.4. The molecule has 178 valence electrons. The number of nitrogens with zero attached hydrogens (tertiary/aromatic N) is 2. The van der Waals surface area contributed by atoms with Crippen LogP contribution in [0.25, 0.3) is 5.57 Å². The van der Waals surface area contributed by atoms with E-state index in [-0.39, 0.29) is 17.1 Å². The summed E-state index contributed by atoms with van der Waals surface area (Å²) in [4.78, 5) is 28.8. The second-order valence-electron chi connectivity index (χ2n) is 7.95. The number of hydrogen-bond acceptors (Lipinski definition) is 5. The van der Waals surface area contributed by atoms with Crippen LogP contribution in [-0.2, 0) is 4.79 Å². The first-order valence-electron chi connectivity index (χ1n) is 11.7. The van der Waals surface area contributed by atoms with Crippen molar-refractivity contribution in [1.29, 1.82) is 0 Å². The summed E-state index contributed by atoms with van der Waals surface area (Å²) in [6.45, 7) is 10.9. The fourth-order valence-electron chi connectivity index (χ4n) is 4.43. The largest absolute Gasteiger partial charge is 0.508 e. The Morgan fingerprint density at radius 2 is 1.44 bits per heavy atom. The summed E-state index contributed by atoms with van der Waals surface area (Å²) in [5.74, 6) is -0.998. The number of phenolic OH excluding ortho intramolecular Hbond substituents is 1. The number of carbonyl (C=O) groups excluding carboxylic acids is 1. The number of rotatable bonds is 9. The van der Waals surface area contributed by atoms with Gasteiger partial charge in [-0.2, -0.15) is 0 Å². The average Bonchev–Trinajstić information content (AvgIpc) is 2.83. The highest BCUT2D eigenvalue weighted by Gasteiger charge is 2.26. The molecule has 0 atom stereocenters. The van der Waals surface area contributed by atoms with E-state index >= 15 is 0 Å². The van der Waals surface area contributed by atoms with Gasteiger partial charge in [0.25, 0.3) is 0 Å². The smallest absolute Gasteiger partial charge is 0.336 e. The quantitative estimate of drug-likeness (QED) is 0.542. The highest BCUT2D eigenvalue weighted by Crippen LogP contribution is 2.41. The topological polar surface area (TPSA) is 81.1 Å². The Morgan fingerprint density at radius 3 is 2.03 bits per heavy atom. The third kappa shape index (κ3) is 4.91. The van der Waals surface area contributed by atoms with Crippen molar-refractivity contribution in [2.45, 2.75) is 27.7 Å². The molecule has 0 saturated carbocycles. The number of aromatic carboxylic acids is 1. The SMILES string of the molecule is CCN(CC)C1=CC(=O)C=CC1=C(c1ccccc1C(=O)O)c1ccc(O)cc1N(CC)CC. The van der Waals surface area contributed by atoms with Gasteiger partial charge in [0.2, 0.25) is 0 Å². The van der Waals surface area contributed by atoms with E-state index < -0.39 is 5.97 Å². The molecule has 3 rings (SSSR count). The minimum absolute atomic E-state index is 0.105. The number of allylic oxidation sites excluding steroid dienone is 3. The third-order valence-corrected chi connectivity index (χ3v) is 6.12. The van der Waals surface area contributed by atoms with Crippen molar-refractivity contribution in [2.24, 2.45) is 0 Å². The van der Waals surface area contributed by atoms with Gasteiger partial charge in [-0.3, -0.25) is 4.79 Å². The Kier molecular flexibility index (Phi) is 7.95. The Labute approximate surface area is 201 Å². The van der Waals surface area contributed by atoms with Crippen molar-refractivity contribution in [3.63, 3.8) is 0 Å². The molecule has 0 bridgehead atoms. The summed E-state index contributed by atoms with van der Waals surface area (Å²) in [6.07, 6.45) is 4.91. The highest BCUT2D eigenvalue weighted by atomic mass is 16.4. The number of carboxylic acid groups (broad SMARTS) is 1. The molecule has 0 aliphatic heterocycles. The molecule has 0 saturated heterocycles. The van der Waals surface area contributed by atoms with Gasteiger partial charge in [-0.15, -0.1) is 0 Å². The highest BCUT2D eigenvalue weighted by molar-refractivity contribution is 6.06. The number of hydrogen-bond donors (Lipinski definition) is 2. The number of benzene rings is 2. The van der Waals surface area contributed by atoms with E-state index in [1.54, 1.807) is 42.5 Å². The zero-order chi connectivity index (χ0) is 24.8. The summed E-state index contributed by atoms with van der Waals surface area (Å²) >= 11 is 0. The molecular weight excluding hydrogens is 428 g/mol. The summed E-state index contributed by atoms with van der Waals surface area (Å²) in [7, 11) is 0. The number of anilines is 1. The lowest BCUT2D eigenvalue weighted by molar-refractivity contribution is -0.110. The first kappa shape index (κ1) is 24.8. The lowest BCUT2D eigenvalue weighted by Gasteiger charge is -2.31. The monoisotopic (exact) mass is 460 g/mol. The number of carboxylic acids is 1. The van der Waals surface area contributed by atoms with E-state index in [4.69, 9.17) is 0 Å². The molecule has 6 nitrogen and oxygen atoms in total. The van der Waals surface area contributed by atoms with Crippen LogP contribution in [0.5, 0.6) is 5.75 Å². The van der Waals surface area contributed by atoms with Crippen LogP contribution in [-0.4, -0.2) is 53.0 Å². The molecule has 0 radical (unpaired) electrons. The minimum Gasteiger partial charge on any atom is -0.508 e. The molecule has 2 aromatic rings. The molecule has 1 aliphatic carbocycles. The molecule has 34 heavy (non-hydrogen) atoms. The predicted octanol–water partition coefficient (Wildman–Crippen LogP) is 5.10. The average molecular weight is 461 g/mol. The van der Waals surface area contributed by atoms with Gasteiger partial charge in [0.05, 0.1) is 5.56 Å². The van der Waals surface area contributed by atoms with Crippen LogP contribution in [0.2, 0.25) is 0 Å². The van der Waals surface area contributed by atoms with E-state index in [0.717, 1.165) is 22.5 Å². The summed E-state index contributed by atoms with van der Waals surface area (Å²) < 4.78 is 0. The molecule has 1 aliphatic rings. The van der Waals surface area contributed by atoms with Crippen molar-refractivity contribution < 1.29 is 19.8 Å². The zero-order valence-electron chi connectivity index (χ0n) is 20.2. The van der Waals surface area contributed by atoms with Crippen molar-refractivity contribution in [3.8, 4) is 5.75 Å². The maximum Gasteiger partial charge on any atom is 0.336 e. The van der Waals surface area contributed by atoms with Gasteiger partial charge in [-0.05, 0) is 63.6 Å². The molecule has 0 amide bonds. The molecule has 6 heteroatoms. The summed E-state index contributed by atoms with van der Waals surface area (Å²) in [6, 6.07) is 12.1. The van der Waals surface area contributed by atoms with Crippen molar-refractivity contribution in [2.75, 3.05) is 31.1 Å². The van der Waals surface area contributed by atoms with Crippen LogP contribution < -0.4 is 4.90 Å².